The van der Waals surface area contributed by atoms with Crippen LogP contribution in [0.5, 0.6) is 0 Å². The molecule has 1 amide bonds. The zero-order valence-electron chi connectivity index (χ0n) is 14.8. The molecule has 1 N–H and O–H groups in total. The molecule has 1 aliphatic rings. The topological polar surface area (TPSA) is 35.6 Å². The first-order valence-electron chi connectivity index (χ1n) is 8.74. The van der Waals surface area contributed by atoms with Gasteiger partial charge in [0.15, 0.2) is 0 Å². The molecular formula is C19H23ClFN3OS. The second-order valence-electron chi connectivity index (χ2n) is 6.48. The van der Waals surface area contributed by atoms with Crippen LogP contribution in [0.4, 0.5) is 4.39 Å². The number of benzene rings is 1. The Morgan fingerprint density at radius 2 is 2.04 bits per heavy atom. The highest BCUT2D eigenvalue weighted by Gasteiger charge is 2.22. The normalized spacial score (nSPS) is 16.7. The standard InChI is InChI=1S/C19H23ClFN3OS/c1-14(18-6-3-11-26-18)22-12-19(25)24-9-7-23(8-10-24)13-15-16(20)4-2-5-17(15)21/h2-6,11,14,22H,7-10,12-13H2,1H3. The maximum absolute atomic E-state index is 13.9. The molecular weight excluding hydrogens is 373 g/mol. The summed E-state index contributed by atoms with van der Waals surface area (Å²) in [6.07, 6.45) is 0. The van der Waals surface area contributed by atoms with E-state index in [1.54, 1.807) is 23.5 Å². The van der Waals surface area contributed by atoms with Crippen molar-refractivity contribution in [1.29, 1.82) is 0 Å². The Hall–Kier alpha value is -1.47. The third kappa shape index (κ3) is 4.82. The number of carbonyl (C=O) groups excluding carboxylic acids is 1. The Kier molecular flexibility index (Phi) is 6.64. The first kappa shape index (κ1) is 19.3. The minimum absolute atomic E-state index is 0.108. The molecule has 1 fully saturated rings. The van der Waals surface area contributed by atoms with Crippen LogP contribution in [0.25, 0.3) is 0 Å². The van der Waals surface area contributed by atoms with E-state index in [0.29, 0.717) is 36.8 Å². The average Bonchev–Trinajstić information content (AvgIpc) is 3.18. The quantitative estimate of drug-likeness (QED) is 0.812. The number of piperazine rings is 1. The Bertz CT molecular complexity index is 712. The van der Waals surface area contributed by atoms with Crippen molar-refractivity contribution in [3.8, 4) is 0 Å². The van der Waals surface area contributed by atoms with Crippen LogP contribution in [0, 0.1) is 5.82 Å². The Balaban J connectivity index is 1.45. The Morgan fingerprint density at radius 3 is 2.69 bits per heavy atom. The monoisotopic (exact) mass is 395 g/mol. The van der Waals surface area contributed by atoms with Gasteiger partial charge in [-0.1, -0.05) is 23.7 Å². The van der Waals surface area contributed by atoms with E-state index in [1.165, 1.54) is 10.9 Å². The summed E-state index contributed by atoms with van der Waals surface area (Å²) in [4.78, 5) is 17.6. The predicted molar refractivity (Wildman–Crippen MR) is 104 cm³/mol. The van der Waals surface area contributed by atoms with E-state index in [4.69, 9.17) is 11.6 Å². The largest absolute Gasteiger partial charge is 0.339 e. The number of hydrogen-bond donors (Lipinski definition) is 1. The van der Waals surface area contributed by atoms with Crippen LogP contribution in [0.1, 0.15) is 23.4 Å². The van der Waals surface area contributed by atoms with Crippen molar-refractivity contribution in [2.75, 3.05) is 32.7 Å². The summed E-state index contributed by atoms with van der Waals surface area (Å²) in [6.45, 7) is 5.61. The van der Waals surface area contributed by atoms with Crippen LogP contribution in [0.2, 0.25) is 5.02 Å². The summed E-state index contributed by atoms with van der Waals surface area (Å²) in [5.74, 6) is -0.167. The van der Waals surface area contributed by atoms with Crippen LogP contribution in [-0.4, -0.2) is 48.4 Å². The number of nitrogens with one attached hydrogen (secondary N) is 1. The van der Waals surface area contributed by atoms with E-state index in [1.807, 2.05) is 16.3 Å². The zero-order valence-corrected chi connectivity index (χ0v) is 16.3. The Labute approximate surface area is 162 Å². The maximum atomic E-state index is 13.9. The fraction of sp³-hybridized carbons (Fsp3) is 0.421. The van der Waals surface area contributed by atoms with Gasteiger partial charge in [-0.3, -0.25) is 9.69 Å². The van der Waals surface area contributed by atoms with Gasteiger partial charge in [0.2, 0.25) is 5.91 Å². The molecule has 0 spiro atoms. The second-order valence-corrected chi connectivity index (χ2v) is 7.86. The van der Waals surface area contributed by atoms with Gasteiger partial charge in [0, 0.05) is 54.2 Å². The van der Waals surface area contributed by atoms with Crippen LogP contribution < -0.4 is 5.32 Å². The molecule has 0 radical (unpaired) electrons. The third-order valence-corrected chi connectivity index (χ3v) is 6.11. The SMILES string of the molecule is CC(NCC(=O)N1CCN(Cc2c(F)cccc2Cl)CC1)c1cccs1. The van der Waals surface area contributed by atoms with Gasteiger partial charge >= 0.3 is 0 Å². The molecule has 1 atom stereocenters. The average molecular weight is 396 g/mol. The van der Waals surface area contributed by atoms with E-state index >= 15 is 0 Å². The molecule has 3 rings (SSSR count). The molecule has 1 aromatic carbocycles. The lowest BCUT2D eigenvalue weighted by Crippen LogP contribution is -2.50. The first-order chi connectivity index (χ1) is 12.5. The van der Waals surface area contributed by atoms with Crippen molar-refractivity contribution < 1.29 is 9.18 Å². The van der Waals surface area contributed by atoms with E-state index in [2.05, 4.69) is 23.2 Å². The van der Waals surface area contributed by atoms with E-state index in [9.17, 15) is 9.18 Å². The highest BCUT2D eigenvalue weighted by atomic mass is 35.5. The molecule has 26 heavy (non-hydrogen) atoms. The van der Waals surface area contributed by atoms with Crippen LogP contribution in [0.3, 0.4) is 0 Å². The predicted octanol–water partition coefficient (Wildman–Crippen LogP) is 3.54. The molecule has 4 nitrogen and oxygen atoms in total. The van der Waals surface area contributed by atoms with Crippen molar-refractivity contribution in [2.24, 2.45) is 0 Å². The number of carbonyl (C=O) groups is 1. The van der Waals surface area contributed by atoms with Crippen LogP contribution >= 0.6 is 22.9 Å². The molecule has 2 heterocycles. The molecule has 1 aliphatic heterocycles. The number of rotatable bonds is 6. The van der Waals surface area contributed by atoms with Crippen LogP contribution in [0.15, 0.2) is 35.7 Å². The van der Waals surface area contributed by atoms with Gasteiger partial charge in [-0.2, -0.15) is 0 Å². The third-order valence-electron chi connectivity index (χ3n) is 4.70. The van der Waals surface area contributed by atoms with Gasteiger partial charge in [0.05, 0.1) is 6.54 Å². The molecule has 140 valence electrons. The summed E-state index contributed by atoms with van der Waals surface area (Å²) in [7, 11) is 0. The number of hydrogen-bond acceptors (Lipinski definition) is 4. The highest BCUT2D eigenvalue weighted by Crippen LogP contribution is 2.21. The van der Waals surface area contributed by atoms with Gasteiger partial charge in [-0.05, 0) is 30.5 Å². The van der Waals surface area contributed by atoms with Crippen LogP contribution in [-0.2, 0) is 11.3 Å². The van der Waals surface area contributed by atoms with Gasteiger partial charge in [0.1, 0.15) is 5.82 Å². The van der Waals surface area contributed by atoms with Gasteiger partial charge in [0.25, 0.3) is 0 Å². The first-order valence-corrected chi connectivity index (χ1v) is 10.00. The summed E-state index contributed by atoms with van der Waals surface area (Å²) < 4.78 is 13.9. The molecule has 0 saturated carbocycles. The molecule has 1 unspecified atom stereocenters. The fourth-order valence-electron chi connectivity index (χ4n) is 3.05. The van der Waals surface area contributed by atoms with Gasteiger partial charge in [-0.15, -0.1) is 11.3 Å². The summed E-state index contributed by atoms with van der Waals surface area (Å²) in [5.41, 5.74) is 0.528. The van der Waals surface area contributed by atoms with Crippen molar-refractivity contribution in [1.82, 2.24) is 15.1 Å². The van der Waals surface area contributed by atoms with Crippen molar-refractivity contribution >= 4 is 28.8 Å². The zero-order chi connectivity index (χ0) is 18.5. The minimum Gasteiger partial charge on any atom is -0.339 e. The minimum atomic E-state index is -0.275. The molecule has 1 aromatic heterocycles. The molecule has 2 aromatic rings. The summed E-state index contributed by atoms with van der Waals surface area (Å²) in [5, 5.41) is 5.78. The molecule has 0 aliphatic carbocycles. The lowest BCUT2D eigenvalue weighted by Gasteiger charge is -2.35. The maximum Gasteiger partial charge on any atom is 0.236 e. The lowest BCUT2D eigenvalue weighted by atomic mass is 10.2. The van der Waals surface area contributed by atoms with Gasteiger partial charge < -0.3 is 10.2 Å². The number of amides is 1. The fourth-order valence-corrected chi connectivity index (χ4v) is 4.03. The van der Waals surface area contributed by atoms with Crippen molar-refractivity contribution in [3.05, 3.63) is 57.0 Å². The second kappa shape index (κ2) is 8.95. The van der Waals surface area contributed by atoms with Crippen molar-refractivity contribution in [2.45, 2.75) is 19.5 Å². The number of halogens is 2. The summed E-state index contributed by atoms with van der Waals surface area (Å²) >= 11 is 7.79. The lowest BCUT2D eigenvalue weighted by molar-refractivity contribution is -0.132. The summed E-state index contributed by atoms with van der Waals surface area (Å²) in [6, 6.07) is 9.01. The smallest absolute Gasteiger partial charge is 0.236 e. The van der Waals surface area contributed by atoms with Crippen molar-refractivity contribution in [3.63, 3.8) is 0 Å². The highest BCUT2D eigenvalue weighted by molar-refractivity contribution is 7.10. The van der Waals surface area contributed by atoms with E-state index in [-0.39, 0.29) is 17.8 Å². The number of nitrogens with zero attached hydrogens (tertiary/aromatic N) is 2. The molecule has 1 saturated heterocycles. The Morgan fingerprint density at radius 1 is 1.27 bits per heavy atom. The number of thiophene rings is 1. The van der Waals surface area contributed by atoms with E-state index < -0.39 is 0 Å². The molecule has 7 heteroatoms. The molecule has 0 bridgehead atoms. The van der Waals surface area contributed by atoms with Gasteiger partial charge in [-0.25, -0.2) is 4.39 Å². The van der Waals surface area contributed by atoms with E-state index in [0.717, 1.165) is 13.1 Å².